The first-order valence-corrected chi connectivity index (χ1v) is 4.47. The molecule has 0 atom stereocenters. The highest BCUT2D eigenvalue weighted by molar-refractivity contribution is 5.01. The number of nitrogens with zero attached hydrogens (tertiary/aromatic N) is 1. The van der Waals surface area contributed by atoms with Crippen molar-refractivity contribution in [3.05, 3.63) is 32.6 Å². The summed E-state index contributed by atoms with van der Waals surface area (Å²) in [7, 11) is 0. The lowest BCUT2D eigenvalue weighted by molar-refractivity contribution is 0.571. The molecule has 1 aliphatic rings. The number of hydrogen-bond acceptors (Lipinski definition) is 2. The van der Waals surface area contributed by atoms with Crippen LogP contribution in [-0.4, -0.2) is 9.55 Å². The second-order valence-corrected chi connectivity index (χ2v) is 3.64. The van der Waals surface area contributed by atoms with Gasteiger partial charge < -0.3 is 4.98 Å². The summed E-state index contributed by atoms with van der Waals surface area (Å²) in [6, 6.07) is 0. The van der Waals surface area contributed by atoms with Gasteiger partial charge in [-0.25, -0.2) is 4.79 Å². The lowest BCUT2D eigenvalue weighted by Crippen LogP contribution is -2.36. The zero-order valence-corrected chi connectivity index (χ0v) is 7.54. The fraction of sp³-hybridized carbons (Fsp3) is 0.556. The summed E-state index contributed by atoms with van der Waals surface area (Å²) in [6.07, 6.45) is 3.74. The van der Waals surface area contributed by atoms with Crippen LogP contribution in [0, 0.1) is 12.8 Å². The van der Waals surface area contributed by atoms with Gasteiger partial charge in [-0.1, -0.05) is 0 Å². The van der Waals surface area contributed by atoms with Crippen molar-refractivity contribution >= 4 is 0 Å². The largest absolute Gasteiger partial charge is 0.328 e. The molecule has 0 bridgehead atoms. The SMILES string of the molecule is Cc1c[nH]c(=O)n(CC2CC2)c1=O. The van der Waals surface area contributed by atoms with Gasteiger partial charge in [0.1, 0.15) is 0 Å². The normalized spacial score (nSPS) is 16.1. The van der Waals surface area contributed by atoms with Gasteiger partial charge in [-0.15, -0.1) is 0 Å². The summed E-state index contributed by atoms with van der Waals surface area (Å²) in [6.45, 7) is 2.29. The van der Waals surface area contributed by atoms with Crippen LogP contribution >= 0.6 is 0 Å². The Kier molecular flexibility index (Phi) is 1.83. The van der Waals surface area contributed by atoms with Crippen molar-refractivity contribution in [1.29, 1.82) is 0 Å². The van der Waals surface area contributed by atoms with Crippen molar-refractivity contribution in [1.82, 2.24) is 9.55 Å². The molecular formula is C9H12N2O2. The topological polar surface area (TPSA) is 54.9 Å². The van der Waals surface area contributed by atoms with Gasteiger partial charge in [0.15, 0.2) is 0 Å². The molecule has 0 aromatic carbocycles. The third kappa shape index (κ3) is 1.56. The molecule has 1 saturated carbocycles. The summed E-state index contributed by atoms with van der Waals surface area (Å²) >= 11 is 0. The summed E-state index contributed by atoms with van der Waals surface area (Å²) in [5.74, 6) is 0.542. The van der Waals surface area contributed by atoms with E-state index in [1.54, 1.807) is 6.92 Å². The first kappa shape index (κ1) is 8.29. The van der Waals surface area contributed by atoms with Gasteiger partial charge in [0.25, 0.3) is 5.56 Å². The van der Waals surface area contributed by atoms with Gasteiger partial charge in [0, 0.05) is 18.3 Å². The van der Waals surface area contributed by atoms with Crippen LogP contribution in [0.4, 0.5) is 0 Å². The molecule has 1 N–H and O–H groups in total. The van der Waals surface area contributed by atoms with E-state index in [-0.39, 0.29) is 11.2 Å². The third-order valence-corrected chi connectivity index (χ3v) is 2.38. The molecule has 0 saturated heterocycles. The van der Waals surface area contributed by atoms with Crippen LogP contribution in [0.1, 0.15) is 18.4 Å². The maximum absolute atomic E-state index is 11.5. The molecule has 0 amide bonds. The Bertz CT molecular complexity index is 426. The lowest BCUT2D eigenvalue weighted by atomic mass is 10.3. The Labute approximate surface area is 75.2 Å². The Balaban J connectivity index is 2.46. The van der Waals surface area contributed by atoms with Gasteiger partial charge in [0.2, 0.25) is 0 Å². The molecule has 2 rings (SSSR count). The van der Waals surface area contributed by atoms with Crippen LogP contribution < -0.4 is 11.2 Å². The van der Waals surface area contributed by atoms with Crippen molar-refractivity contribution in [3.8, 4) is 0 Å². The zero-order valence-electron chi connectivity index (χ0n) is 7.54. The van der Waals surface area contributed by atoms with E-state index in [1.165, 1.54) is 10.8 Å². The van der Waals surface area contributed by atoms with Crippen molar-refractivity contribution in [2.75, 3.05) is 0 Å². The summed E-state index contributed by atoms with van der Waals surface area (Å²) in [5, 5.41) is 0. The van der Waals surface area contributed by atoms with Crippen molar-refractivity contribution in [3.63, 3.8) is 0 Å². The maximum atomic E-state index is 11.5. The molecule has 1 aromatic rings. The summed E-state index contributed by atoms with van der Waals surface area (Å²) in [4.78, 5) is 25.3. The highest BCUT2D eigenvalue weighted by Gasteiger charge is 2.23. The van der Waals surface area contributed by atoms with Crippen molar-refractivity contribution in [2.24, 2.45) is 5.92 Å². The number of nitrogens with one attached hydrogen (secondary N) is 1. The highest BCUT2D eigenvalue weighted by atomic mass is 16.2. The van der Waals surface area contributed by atoms with Crippen molar-refractivity contribution in [2.45, 2.75) is 26.3 Å². The van der Waals surface area contributed by atoms with E-state index in [0.29, 0.717) is 18.0 Å². The average molecular weight is 180 g/mol. The molecule has 4 heteroatoms. The first-order chi connectivity index (χ1) is 6.18. The van der Waals surface area contributed by atoms with Gasteiger partial charge in [-0.2, -0.15) is 0 Å². The molecule has 1 fully saturated rings. The fourth-order valence-corrected chi connectivity index (χ4v) is 1.34. The van der Waals surface area contributed by atoms with Crippen LogP contribution in [0.25, 0.3) is 0 Å². The van der Waals surface area contributed by atoms with Gasteiger partial charge in [0.05, 0.1) is 0 Å². The van der Waals surface area contributed by atoms with Crippen LogP contribution in [0.2, 0.25) is 0 Å². The van der Waals surface area contributed by atoms with E-state index < -0.39 is 0 Å². The zero-order chi connectivity index (χ0) is 9.42. The Morgan fingerprint density at radius 2 is 2.23 bits per heavy atom. The number of rotatable bonds is 2. The Hall–Kier alpha value is -1.32. The maximum Gasteiger partial charge on any atom is 0.328 e. The number of aromatic amines is 1. The molecule has 0 spiro atoms. The van der Waals surface area contributed by atoms with E-state index in [4.69, 9.17) is 0 Å². The second-order valence-electron chi connectivity index (χ2n) is 3.64. The van der Waals surface area contributed by atoms with Gasteiger partial charge in [-0.05, 0) is 25.7 Å². The van der Waals surface area contributed by atoms with Crippen molar-refractivity contribution < 1.29 is 0 Å². The third-order valence-electron chi connectivity index (χ3n) is 2.38. The molecule has 0 radical (unpaired) electrons. The Morgan fingerprint density at radius 3 is 2.85 bits per heavy atom. The minimum atomic E-state index is -0.289. The quantitative estimate of drug-likeness (QED) is 0.709. The van der Waals surface area contributed by atoms with Crippen LogP contribution in [0.5, 0.6) is 0 Å². The van der Waals surface area contributed by atoms with E-state index in [2.05, 4.69) is 4.98 Å². The van der Waals surface area contributed by atoms with Crippen LogP contribution in [-0.2, 0) is 6.54 Å². The molecule has 1 heterocycles. The molecule has 13 heavy (non-hydrogen) atoms. The summed E-state index contributed by atoms with van der Waals surface area (Å²) < 4.78 is 1.30. The highest BCUT2D eigenvalue weighted by Crippen LogP contribution is 2.29. The van der Waals surface area contributed by atoms with E-state index in [9.17, 15) is 9.59 Å². The average Bonchev–Trinajstić information content (AvgIpc) is 2.89. The molecule has 1 aliphatic carbocycles. The first-order valence-electron chi connectivity index (χ1n) is 4.47. The molecule has 4 nitrogen and oxygen atoms in total. The van der Waals surface area contributed by atoms with Crippen LogP contribution in [0.3, 0.4) is 0 Å². The lowest BCUT2D eigenvalue weighted by Gasteiger charge is -2.02. The van der Waals surface area contributed by atoms with E-state index in [0.717, 1.165) is 12.8 Å². The fourth-order valence-electron chi connectivity index (χ4n) is 1.34. The van der Waals surface area contributed by atoms with Gasteiger partial charge in [-0.3, -0.25) is 9.36 Å². The van der Waals surface area contributed by atoms with E-state index >= 15 is 0 Å². The molecular weight excluding hydrogens is 168 g/mol. The monoisotopic (exact) mass is 180 g/mol. The second kappa shape index (κ2) is 2.87. The predicted octanol–water partition coefficient (Wildman–Crippen LogP) is 0.255. The van der Waals surface area contributed by atoms with Crippen LogP contribution in [0.15, 0.2) is 15.8 Å². The Morgan fingerprint density at radius 1 is 1.54 bits per heavy atom. The standard InChI is InChI=1S/C9H12N2O2/c1-6-4-10-9(13)11(8(6)12)5-7-2-3-7/h4,7H,2-3,5H2,1H3,(H,10,13). The summed E-state index contributed by atoms with van der Waals surface area (Å²) in [5.41, 5.74) is 0.151. The molecule has 1 aromatic heterocycles. The minimum Gasteiger partial charge on any atom is -0.314 e. The molecule has 0 unspecified atom stereocenters. The number of hydrogen-bond donors (Lipinski definition) is 1. The smallest absolute Gasteiger partial charge is 0.314 e. The number of aromatic nitrogens is 2. The molecule has 70 valence electrons. The predicted molar refractivity (Wildman–Crippen MR) is 48.8 cm³/mol. The number of aryl methyl sites for hydroxylation is 1. The van der Waals surface area contributed by atoms with Gasteiger partial charge >= 0.3 is 5.69 Å². The minimum absolute atomic E-state index is 0.157. The number of H-pyrrole nitrogens is 1. The van der Waals surface area contributed by atoms with E-state index in [1.807, 2.05) is 0 Å². The molecule has 0 aliphatic heterocycles.